The third-order valence-electron chi connectivity index (χ3n) is 3.10. The first-order valence-corrected chi connectivity index (χ1v) is 7.34. The predicted molar refractivity (Wildman–Crippen MR) is 88.5 cm³/mol. The summed E-state index contributed by atoms with van der Waals surface area (Å²) in [4.78, 5) is 26.5. The first kappa shape index (κ1) is 16.7. The Balaban J connectivity index is 2.44. The number of hydrogen-bond donors (Lipinski definition) is 0. The smallest absolute Gasteiger partial charge is 0.325 e. The summed E-state index contributed by atoms with van der Waals surface area (Å²) >= 11 is 17.1. The van der Waals surface area contributed by atoms with E-state index in [2.05, 4.69) is 4.74 Å². The third kappa shape index (κ3) is 3.24. The molecule has 0 bridgehead atoms. The molecule has 2 rings (SSSR count). The molecule has 1 saturated heterocycles. The number of esters is 1. The number of hydrogen-bond acceptors (Lipinski definition) is 4. The number of halogens is 2. The maximum atomic E-state index is 12.3. The molecule has 22 heavy (non-hydrogen) atoms. The number of likely N-dealkylation sites (N-methyl/N-ethyl adjacent to an activating group) is 1. The van der Waals surface area contributed by atoms with Crippen LogP contribution in [0.5, 0.6) is 0 Å². The van der Waals surface area contributed by atoms with Gasteiger partial charge in [0, 0.05) is 17.1 Å². The molecule has 1 fully saturated rings. The Hall–Kier alpha value is -1.63. The van der Waals surface area contributed by atoms with Crippen molar-refractivity contribution >= 4 is 58.5 Å². The van der Waals surface area contributed by atoms with E-state index in [4.69, 9.17) is 35.4 Å². The van der Waals surface area contributed by atoms with Crippen LogP contribution in [0.15, 0.2) is 23.9 Å². The molecule has 8 heteroatoms. The van der Waals surface area contributed by atoms with E-state index in [0.717, 1.165) is 0 Å². The molecule has 0 atom stereocenters. The lowest BCUT2D eigenvalue weighted by Crippen LogP contribution is -2.33. The second-order valence-electron chi connectivity index (χ2n) is 4.50. The first-order chi connectivity index (χ1) is 10.3. The summed E-state index contributed by atoms with van der Waals surface area (Å²) in [6.07, 6.45) is 1.57. The van der Waals surface area contributed by atoms with Crippen LogP contribution in [-0.2, 0) is 14.3 Å². The average molecular weight is 359 g/mol. The van der Waals surface area contributed by atoms with Crippen molar-refractivity contribution in [1.29, 1.82) is 0 Å². The molecule has 0 N–H and O–H groups in total. The van der Waals surface area contributed by atoms with E-state index in [-0.39, 0.29) is 23.3 Å². The SMILES string of the molecule is COC(=O)CN1C(=S)N(C)C(=O)/C1=C/c1ccc(Cl)cc1Cl. The van der Waals surface area contributed by atoms with Gasteiger partial charge in [-0.25, -0.2) is 0 Å². The highest BCUT2D eigenvalue weighted by Crippen LogP contribution is 2.27. The van der Waals surface area contributed by atoms with Crippen molar-refractivity contribution in [2.24, 2.45) is 0 Å². The van der Waals surface area contributed by atoms with Gasteiger partial charge < -0.3 is 9.64 Å². The molecule has 1 heterocycles. The quantitative estimate of drug-likeness (QED) is 0.472. The molecule has 1 aliphatic rings. The number of thiocarbonyl (C=S) groups is 1. The van der Waals surface area contributed by atoms with E-state index in [9.17, 15) is 9.59 Å². The second kappa shape index (κ2) is 6.64. The van der Waals surface area contributed by atoms with Gasteiger partial charge in [-0.3, -0.25) is 14.5 Å². The van der Waals surface area contributed by atoms with E-state index in [0.29, 0.717) is 15.6 Å². The van der Waals surface area contributed by atoms with Gasteiger partial charge in [0.2, 0.25) is 0 Å². The molecule has 0 saturated carbocycles. The molecule has 1 aromatic carbocycles. The summed E-state index contributed by atoms with van der Waals surface area (Å²) in [6, 6.07) is 4.91. The van der Waals surface area contributed by atoms with Crippen molar-refractivity contribution in [3.63, 3.8) is 0 Å². The normalized spacial score (nSPS) is 16.6. The van der Waals surface area contributed by atoms with Crippen LogP contribution in [0.2, 0.25) is 10.0 Å². The van der Waals surface area contributed by atoms with E-state index < -0.39 is 5.97 Å². The van der Waals surface area contributed by atoms with Crippen LogP contribution in [0.4, 0.5) is 0 Å². The molecule has 0 spiro atoms. The Labute approximate surface area is 143 Å². The third-order valence-corrected chi connectivity index (χ3v) is 4.16. The molecule has 0 aliphatic carbocycles. The highest BCUT2D eigenvalue weighted by molar-refractivity contribution is 7.80. The maximum absolute atomic E-state index is 12.3. The summed E-state index contributed by atoms with van der Waals surface area (Å²) in [7, 11) is 2.81. The van der Waals surface area contributed by atoms with E-state index in [1.54, 1.807) is 31.3 Å². The maximum Gasteiger partial charge on any atom is 0.325 e. The van der Waals surface area contributed by atoms with Crippen molar-refractivity contribution in [3.05, 3.63) is 39.5 Å². The molecule has 0 aromatic heterocycles. The molecule has 1 amide bonds. The summed E-state index contributed by atoms with van der Waals surface area (Å²) in [5, 5.41) is 1.11. The molecule has 5 nitrogen and oxygen atoms in total. The molecular formula is C14H12Cl2N2O3S. The monoisotopic (exact) mass is 358 g/mol. The van der Waals surface area contributed by atoms with Gasteiger partial charge in [-0.05, 0) is 36.0 Å². The van der Waals surface area contributed by atoms with Crippen LogP contribution >= 0.6 is 35.4 Å². The minimum Gasteiger partial charge on any atom is -0.468 e. The number of carbonyl (C=O) groups excluding carboxylic acids is 2. The Kier molecular flexibility index (Phi) is 5.05. The molecule has 1 aliphatic heterocycles. The lowest BCUT2D eigenvalue weighted by molar-refractivity contribution is -0.140. The topological polar surface area (TPSA) is 49.9 Å². The van der Waals surface area contributed by atoms with Crippen LogP contribution in [0.3, 0.4) is 0 Å². The molecular weight excluding hydrogens is 347 g/mol. The minimum absolute atomic E-state index is 0.150. The number of nitrogens with zero attached hydrogens (tertiary/aromatic N) is 2. The van der Waals surface area contributed by atoms with Gasteiger partial charge in [0.05, 0.1) is 7.11 Å². The van der Waals surface area contributed by atoms with Crippen molar-refractivity contribution in [2.75, 3.05) is 20.7 Å². The van der Waals surface area contributed by atoms with Crippen molar-refractivity contribution in [3.8, 4) is 0 Å². The van der Waals surface area contributed by atoms with Crippen LogP contribution in [0, 0.1) is 0 Å². The number of methoxy groups -OCH3 is 1. The molecule has 0 unspecified atom stereocenters. The average Bonchev–Trinajstić information content (AvgIpc) is 2.67. The van der Waals surface area contributed by atoms with Gasteiger partial charge in [0.15, 0.2) is 5.11 Å². The number of rotatable bonds is 3. The van der Waals surface area contributed by atoms with Gasteiger partial charge in [-0.2, -0.15) is 0 Å². The fraction of sp³-hybridized carbons (Fsp3) is 0.214. The highest BCUT2D eigenvalue weighted by Gasteiger charge is 2.36. The Morgan fingerprint density at radius 1 is 1.41 bits per heavy atom. The van der Waals surface area contributed by atoms with Gasteiger partial charge in [-0.15, -0.1) is 0 Å². The summed E-state index contributed by atoms with van der Waals surface area (Å²) in [6.45, 7) is -0.150. The minimum atomic E-state index is -0.501. The lowest BCUT2D eigenvalue weighted by atomic mass is 10.2. The van der Waals surface area contributed by atoms with Crippen LogP contribution < -0.4 is 0 Å². The van der Waals surface area contributed by atoms with E-state index >= 15 is 0 Å². The van der Waals surface area contributed by atoms with Gasteiger partial charge in [0.25, 0.3) is 5.91 Å². The van der Waals surface area contributed by atoms with E-state index in [1.807, 2.05) is 0 Å². The number of carbonyl (C=O) groups is 2. The summed E-state index contributed by atoms with van der Waals surface area (Å²) in [5.41, 5.74) is 0.851. The van der Waals surface area contributed by atoms with Gasteiger partial charge >= 0.3 is 5.97 Å². The van der Waals surface area contributed by atoms with Gasteiger partial charge in [-0.1, -0.05) is 29.3 Å². The fourth-order valence-electron chi connectivity index (χ4n) is 1.91. The standard InChI is InChI=1S/C14H12Cl2N2O3S/c1-17-13(20)11(18(14(17)22)7-12(19)21-2)5-8-3-4-9(15)6-10(8)16/h3-6H,7H2,1-2H3/b11-5-. The lowest BCUT2D eigenvalue weighted by Gasteiger charge is -2.17. The summed E-state index contributed by atoms with van der Waals surface area (Å²) < 4.78 is 4.63. The Morgan fingerprint density at radius 2 is 2.09 bits per heavy atom. The zero-order chi connectivity index (χ0) is 16.4. The second-order valence-corrected chi connectivity index (χ2v) is 5.71. The zero-order valence-electron chi connectivity index (χ0n) is 11.8. The van der Waals surface area contributed by atoms with Crippen LogP contribution in [0.1, 0.15) is 5.56 Å². The van der Waals surface area contributed by atoms with Gasteiger partial charge in [0.1, 0.15) is 12.2 Å². The Morgan fingerprint density at radius 3 is 2.68 bits per heavy atom. The van der Waals surface area contributed by atoms with Crippen molar-refractivity contribution in [2.45, 2.75) is 0 Å². The molecule has 0 radical (unpaired) electrons. The first-order valence-electron chi connectivity index (χ1n) is 6.18. The zero-order valence-corrected chi connectivity index (χ0v) is 14.1. The van der Waals surface area contributed by atoms with Crippen LogP contribution in [-0.4, -0.2) is 47.5 Å². The van der Waals surface area contributed by atoms with Crippen molar-refractivity contribution < 1.29 is 14.3 Å². The molecule has 1 aromatic rings. The summed E-state index contributed by atoms with van der Waals surface area (Å²) in [5.74, 6) is -0.821. The fourth-order valence-corrected chi connectivity index (χ4v) is 2.62. The number of benzene rings is 1. The largest absolute Gasteiger partial charge is 0.468 e. The predicted octanol–water partition coefficient (Wildman–Crippen LogP) is 2.57. The number of amides is 1. The number of ether oxygens (including phenoxy) is 1. The highest BCUT2D eigenvalue weighted by atomic mass is 35.5. The molecule has 116 valence electrons. The Bertz CT molecular complexity index is 691. The van der Waals surface area contributed by atoms with Crippen LogP contribution in [0.25, 0.3) is 6.08 Å². The van der Waals surface area contributed by atoms with E-state index in [1.165, 1.54) is 16.9 Å². The van der Waals surface area contributed by atoms with Crippen molar-refractivity contribution in [1.82, 2.24) is 9.80 Å².